The fourth-order valence-corrected chi connectivity index (χ4v) is 5.55. The first-order valence-electron chi connectivity index (χ1n) is 9.39. The van der Waals surface area contributed by atoms with Crippen LogP contribution in [0.2, 0.25) is 10.0 Å². The van der Waals surface area contributed by atoms with Crippen LogP contribution < -0.4 is 10.2 Å². The third kappa shape index (κ3) is 4.89. The van der Waals surface area contributed by atoms with E-state index >= 15 is 0 Å². The predicted octanol–water partition coefficient (Wildman–Crippen LogP) is 6.00. The number of hydrogen-bond acceptors (Lipinski definition) is 3. The van der Waals surface area contributed by atoms with E-state index in [9.17, 15) is 0 Å². The first kappa shape index (κ1) is 21.1. The summed E-state index contributed by atoms with van der Waals surface area (Å²) >= 11 is 14.9. The Morgan fingerprint density at radius 1 is 0.963 bits per heavy atom. The van der Waals surface area contributed by atoms with Gasteiger partial charge in [-0.2, -0.15) is 0 Å². The number of nitrogens with one attached hydrogen (secondary N) is 1. The first-order chi connectivity index (χ1) is 12.7. The summed E-state index contributed by atoms with van der Waals surface area (Å²) in [4.78, 5) is 3.66. The van der Waals surface area contributed by atoms with Gasteiger partial charge in [0, 0.05) is 23.7 Å². The SMILES string of the molecule is Cl.Clc1ccc(CSc2c(Cl)ccc3c2CCNCC3)cc1N1CCCC1. The van der Waals surface area contributed by atoms with Gasteiger partial charge in [-0.25, -0.2) is 0 Å². The number of fused-ring (bicyclic) bond motifs is 1. The summed E-state index contributed by atoms with van der Waals surface area (Å²) in [5.41, 5.74) is 5.36. The largest absolute Gasteiger partial charge is 0.370 e. The molecule has 2 nitrogen and oxygen atoms in total. The molecule has 0 unspecified atom stereocenters. The highest BCUT2D eigenvalue weighted by Crippen LogP contribution is 2.37. The Bertz CT molecular complexity index is 791. The fraction of sp³-hybridized carbons (Fsp3) is 0.429. The summed E-state index contributed by atoms with van der Waals surface area (Å²) in [6.07, 6.45) is 4.65. The van der Waals surface area contributed by atoms with Crippen molar-refractivity contribution in [3.05, 3.63) is 57.1 Å². The second-order valence-electron chi connectivity index (χ2n) is 7.03. The molecule has 2 aliphatic rings. The van der Waals surface area contributed by atoms with Crippen molar-refractivity contribution in [2.75, 3.05) is 31.1 Å². The zero-order valence-electron chi connectivity index (χ0n) is 15.3. The highest BCUT2D eigenvalue weighted by molar-refractivity contribution is 7.98. The summed E-state index contributed by atoms with van der Waals surface area (Å²) in [6, 6.07) is 10.7. The van der Waals surface area contributed by atoms with E-state index < -0.39 is 0 Å². The van der Waals surface area contributed by atoms with Crippen molar-refractivity contribution >= 4 is 53.1 Å². The lowest BCUT2D eigenvalue weighted by atomic mass is 10.0. The number of benzene rings is 2. The molecule has 27 heavy (non-hydrogen) atoms. The van der Waals surface area contributed by atoms with Gasteiger partial charge in [0.25, 0.3) is 0 Å². The van der Waals surface area contributed by atoms with Crippen LogP contribution in [0.4, 0.5) is 5.69 Å². The average molecular weight is 444 g/mol. The van der Waals surface area contributed by atoms with Gasteiger partial charge >= 0.3 is 0 Å². The Morgan fingerprint density at radius 3 is 2.52 bits per heavy atom. The van der Waals surface area contributed by atoms with Gasteiger partial charge in [0.2, 0.25) is 0 Å². The molecule has 2 aromatic carbocycles. The topological polar surface area (TPSA) is 15.3 Å². The molecule has 1 N–H and O–H groups in total. The highest BCUT2D eigenvalue weighted by atomic mass is 35.5. The summed E-state index contributed by atoms with van der Waals surface area (Å²) < 4.78 is 0. The lowest BCUT2D eigenvalue weighted by Gasteiger charge is -2.20. The molecule has 2 aliphatic heterocycles. The molecule has 0 bridgehead atoms. The molecule has 1 saturated heterocycles. The van der Waals surface area contributed by atoms with Crippen LogP contribution in [-0.4, -0.2) is 26.2 Å². The standard InChI is InChI=1S/C21H24Cl2N2S.ClH/c22-18-5-3-15(13-20(18)25-11-1-2-12-25)14-26-21-17-8-10-24-9-7-16(17)4-6-19(21)23;/h3-6,13,24H,1-2,7-12,14H2;1H. The molecule has 0 spiro atoms. The predicted molar refractivity (Wildman–Crippen MR) is 121 cm³/mol. The molecule has 0 atom stereocenters. The van der Waals surface area contributed by atoms with E-state index in [-0.39, 0.29) is 12.4 Å². The minimum Gasteiger partial charge on any atom is -0.370 e. The molecule has 4 rings (SSSR count). The Labute approximate surface area is 182 Å². The number of rotatable bonds is 4. The van der Waals surface area contributed by atoms with E-state index in [0.29, 0.717) is 0 Å². The van der Waals surface area contributed by atoms with Gasteiger partial charge in [0.15, 0.2) is 0 Å². The number of anilines is 1. The van der Waals surface area contributed by atoms with E-state index in [1.165, 1.54) is 40.1 Å². The molecule has 2 heterocycles. The van der Waals surface area contributed by atoms with Gasteiger partial charge in [-0.05, 0) is 73.7 Å². The van der Waals surface area contributed by atoms with Gasteiger partial charge in [0.05, 0.1) is 15.7 Å². The normalized spacial score (nSPS) is 16.6. The zero-order chi connectivity index (χ0) is 17.9. The molecule has 0 amide bonds. The van der Waals surface area contributed by atoms with Gasteiger partial charge in [-0.15, -0.1) is 24.2 Å². The first-order valence-corrected chi connectivity index (χ1v) is 11.1. The van der Waals surface area contributed by atoms with Crippen molar-refractivity contribution in [1.82, 2.24) is 5.32 Å². The quantitative estimate of drug-likeness (QED) is 0.584. The van der Waals surface area contributed by atoms with Crippen LogP contribution in [0, 0.1) is 0 Å². The Balaban J connectivity index is 0.00000210. The minimum atomic E-state index is 0. The van der Waals surface area contributed by atoms with Gasteiger partial charge in [0.1, 0.15) is 0 Å². The molecule has 2 aromatic rings. The second kappa shape index (κ2) is 9.76. The minimum absolute atomic E-state index is 0. The average Bonchev–Trinajstić information content (AvgIpc) is 3.07. The maximum absolute atomic E-state index is 6.57. The smallest absolute Gasteiger partial charge is 0.0639 e. The maximum Gasteiger partial charge on any atom is 0.0639 e. The van der Waals surface area contributed by atoms with Gasteiger partial charge in [-0.3, -0.25) is 0 Å². The molecular weight excluding hydrogens is 419 g/mol. The van der Waals surface area contributed by atoms with E-state index in [1.807, 2.05) is 17.8 Å². The number of thioether (sulfide) groups is 1. The molecule has 0 saturated carbocycles. The third-order valence-corrected chi connectivity index (χ3v) is 7.25. The molecular formula is C21H25Cl3N2S. The third-order valence-electron chi connectivity index (χ3n) is 5.27. The van der Waals surface area contributed by atoms with E-state index in [4.69, 9.17) is 23.2 Å². The van der Waals surface area contributed by atoms with Gasteiger partial charge in [-0.1, -0.05) is 35.3 Å². The van der Waals surface area contributed by atoms with Crippen molar-refractivity contribution in [2.45, 2.75) is 36.3 Å². The molecule has 146 valence electrons. The van der Waals surface area contributed by atoms with Crippen molar-refractivity contribution in [1.29, 1.82) is 0 Å². The van der Waals surface area contributed by atoms with Gasteiger partial charge < -0.3 is 10.2 Å². The van der Waals surface area contributed by atoms with Crippen molar-refractivity contribution < 1.29 is 0 Å². The molecule has 0 radical (unpaired) electrons. The zero-order valence-corrected chi connectivity index (χ0v) is 18.4. The highest BCUT2D eigenvalue weighted by Gasteiger charge is 2.17. The second-order valence-corrected chi connectivity index (χ2v) is 8.83. The van der Waals surface area contributed by atoms with Crippen molar-refractivity contribution in [3.63, 3.8) is 0 Å². The number of halogens is 3. The maximum atomic E-state index is 6.57. The van der Waals surface area contributed by atoms with Crippen molar-refractivity contribution in [3.8, 4) is 0 Å². The van der Waals surface area contributed by atoms with E-state index in [2.05, 4.69) is 34.5 Å². The van der Waals surface area contributed by atoms with E-state index in [1.54, 1.807) is 0 Å². The summed E-state index contributed by atoms with van der Waals surface area (Å²) in [5, 5.41) is 5.23. The van der Waals surface area contributed by atoms with Crippen LogP contribution in [0.5, 0.6) is 0 Å². The van der Waals surface area contributed by atoms with E-state index in [0.717, 1.165) is 54.8 Å². The molecule has 0 aliphatic carbocycles. The van der Waals surface area contributed by atoms with Crippen LogP contribution in [0.15, 0.2) is 35.2 Å². The monoisotopic (exact) mass is 442 g/mol. The Kier molecular flexibility index (Phi) is 7.64. The van der Waals surface area contributed by atoms with Crippen LogP contribution in [-0.2, 0) is 18.6 Å². The van der Waals surface area contributed by atoms with Crippen LogP contribution >= 0.6 is 47.4 Å². The lowest BCUT2D eigenvalue weighted by molar-refractivity contribution is 0.709. The van der Waals surface area contributed by atoms with Crippen LogP contribution in [0.3, 0.4) is 0 Å². The molecule has 1 fully saturated rings. The Hall–Kier alpha value is -0.580. The van der Waals surface area contributed by atoms with Crippen LogP contribution in [0.1, 0.15) is 29.5 Å². The molecule has 0 aromatic heterocycles. The summed E-state index contributed by atoms with van der Waals surface area (Å²) in [6.45, 7) is 4.30. The summed E-state index contributed by atoms with van der Waals surface area (Å²) in [7, 11) is 0. The summed E-state index contributed by atoms with van der Waals surface area (Å²) in [5.74, 6) is 0.918. The van der Waals surface area contributed by atoms with Crippen molar-refractivity contribution in [2.24, 2.45) is 0 Å². The fourth-order valence-electron chi connectivity index (χ4n) is 3.87. The number of nitrogens with zero attached hydrogens (tertiary/aromatic N) is 1. The van der Waals surface area contributed by atoms with Crippen LogP contribution in [0.25, 0.3) is 0 Å². The number of hydrogen-bond donors (Lipinski definition) is 1. The molecule has 6 heteroatoms. The lowest BCUT2D eigenvalue weighted by Crippen LogP contribution is -2.18. The Morgan fingerprint density at radius 2 is 1.70 bits per heavy atom.